The molecule has 0 bridgehead atoms. The van der Waals surface area contributed by atoms with E-state index in [0.717, 1.165) is 11.3 Å². The van der Waals surface area contributed by atoms with E-state index in [9.17, 15) is 19.5 Å². The summed E-state index contributed by atoms with van der Waals surface area (Å²) < 4.78 is 29.8. The van der Waals surface area contributed by atoms with Crippen molar-refractivity contribution in [3.63, 3.8) is 0 Å². The van der Waals surface area contributed by atoms with Crippen molar-refractivity contribution in [3.05, 3.63) is 113 Å². The monoisotopic (exact) mass is 678 g/mol. The van der Waals surface area contributed by atoms with Gasteiger partial charge >= 0.3 is 11.9 Å². The minimum absolute atomic E-state index is 0.0467. The van der Waals surface area contributed by atoms with Gasteiger partial charge in [0.15, 0.2) is 16.3 Å². The second kappa shape index (κ2) is 14.1. The maximum atomic E-state index is 14.1. The molecule has 0 unspecified atom stereocenters. The number of carboxylic acid groups (broad SMARTS) is 1. The molecule has 13 heteroatoms. The molecule has 1 aromatic heterocycles. The molecule has 0 saturated carbocycles. The summed E-state index contributed by atoms with van der Waals surface area (Å²) in [5.74, 6) is -0.111. The van der Waals surface area contributed by atoms with E-state index < -0.39 is 23.5 Å². The average molecular weight is 679 g/mol. The summed E-state index contributed by atoms with van der Waals surface area (Å²) in [6.07, 6.45) is 1.65. The van der Waals surface area contributed by atoms with Crippen molar-refractivity contribution < 1.29 is 38.4 Å². The first-order valence-electron chi connectivity index (χ1n) is 14.3. The lowest BCUT2D eigenvalue weighted by atomic mass is 9.94. The zero-order valence-corrected chi connectivity index (χ0v) is 27.7. The number of nitrogens with zero attached hydrogens (tertiary/aromatic N) is 2. The Morgan fingerprint density at radius 3 is 2.49 bits per heavy atom. The summed E-state index contributed by atoms with van der Waals surface area (Å²) in [6, 6.07) is 13.9. The van der Waals surface area contributed by atoms with Gasteiger partial charge in [-0.2, -0.15) is 0 Å². The maximum absolute atomic E-state index is 14.1. The lowest BCUT2D eigenvalue weighted by Gasteiger charge is -2.26. The van der Waals surface area contributed by atoms with Crippen molar-refractivity contribution in [2.24, 2.45) is 4.99 Å². The number of fused-ring (bicyclic) bond motifs is 1. The van der Waals surface area contributed by atoms with Crippen molar-refractivity contribution in [3.8, 4) is 23.0 Å². The maximum Gasteiger partial charge on any atom is 0.338 e. The van der Waals surface area contributed by atoms with Gasteiger partial charge in [-0.25, -0.2) is 14.6 Å². The van der Waals surface area contributed by atoms with Crippen LogP contribution in [0.3, 0.4) is 0 Å². The van der Waals surface area contributed by atoms with Crippen LogP contribution in [0.4, 0.5) is 0 Å². The Bertz CT molecular complexity index is 2080. The van der Waals surface area contributed by atoms with Crippen LogP contribution in [0, 0.1) is 0 Å². The summed E-state index contributed by atoms with van der Waals surface area (Å²) >= 11 is 7.79. The van der Waals surface area contributed by atoms with E-state index in [1.165, 1.54) is 38.0 Å². The van der Waals surface area contributed by atoms with Gasteiger partial charge in [-0.05, 0) is 73.5 Å². The number of halogens is 1. The first kappa shape index (κ1) is 33.3. The number of hydrogen-bond acceptors (Lipinski definition) is 10. The first-order valence-corrected chi connectivity index (χ1v) is 15.5. The van der Waals surface area contributed by atoms with Gasteiger partial charge in [0, 0.05) is 5.56 Å². The topological polar surface area (TPSA) is 135 Å². The molecule has 1 atom stereocenters. The van der Waals surface area contributed by atoms with Crippen LogP contribution in [-0.4, -0.2) is 49.5 Å². The van der Waals surface area contributed by atoms with Crippen LogP contribution in [0.15, 0.2) is 75.7 Å². The van der Waals surface area contributed by atoms with Crippen LogP contribution >= 0.6 is 22.9 Å². The number of aromatic carboxylic acids is 1. The minimum atomic E-state index is -1.04. The third-order valence-corrected chi connectivity index (χ3v) is 8.62. The third-order valence-electron chi connectivity index (χ3n) is 7.36. The van der Waals surface area contributed by atoms with Crippen molar-refractivity contribution in [2.75, 3.05) is 27.9 Å². The third kappa shape index (κ3) is 6.74. The number of thiazole rings is 1. The summed E-state index contributed by atoms with van der Waals surface area (Å²) in [6.45, 7) is 3.59. The normalized spacial score (nSPS) is 14.3. The number of aromatic nitrogens is 1. The van der Waals surface area contributed by atoms with Crippen LogP contribution in [-0.2, 0) is 16.1 Å². The molecule has 1 aliphatic rings. The van der Waals surface area contributed by atoms with Crippen LogP contribution in [0.2, 0.25) is 5.02 Å². The fraction of sp³-hybridized carbons (Fsp3) is 0.235. The van der Waals surface area contributed by atoms with Crippen molar-refractivity contribution in [1.29, 1.82) is 0 Å². The highest BCUT2D eigenvalue weighted by molar-refractivity contribution is 7.07. The molecule has 244 valence electrons. The minimum Gasteiger partial charge on any atom is -0.497 e. The fourth-order valence-corrected chi connectivity index (χ4v) is 6.52. The molecule has 1 aliphatic heterocycles. The second-order valence-corrected chi connectivity index (χ2v) is 11.7. The molecule has 0 spiro atoms. The standard InChI is InChI=1S/C34H31ClN2O9S/c1-6-45-33(41)28-18(2)36-34-37(29(28)23-16-22(42-3)10-11-25(23)43-4)31(38)27(47-34)15-20-13-24(35)30(26(14-20)44-5)46-17-19-8-7-9-21(12-19)32(39)40/h7-16,29H,6,17H2,1-5H3,(H,39,40)/b27-15+/t29-/m0/s1. The van der Waals surface area contributed by atoms with Crippen molar-refractivity contribution >= 4 is 41.0 Å². The number of ether oxygens (including phenoxy) is 5. The Morgan fingerprint density at radius 2 is 1.81 bits per heavy atom. The van der Waals surface area contributed by atoms with Crippen molar-refractivity contribution in [1.82, 2.24) is 4.57 Å². The first-order chi connectivity index (χ1) is 22.6. The largest absolute Gasteiger partial charge is 0.497 e. The number of rotatable bonds is 11. The molecule has 1 N–H and O–H groups in total. The average Bonchev–Trinajstić information content (AvgIpc) is 3.36. The molecule has 3 aromatic carbocycles. The summed E-state index contributed by atoms with van der Waals surface area (Å²) in [7, 11) is 4.49. The molecule has 5 rings (SSSR count). The summed E-state index contributed by atoms with van der Waals surface area (Å²) in [5.41, 5.74) is 2.06. The number of carbonyl (C=O) groups is 2. The van der Waals surface area contributed by atoms with Gasteiger partial charge in [0.2, 0.25) is 0 Å². The number of hydrogen-bond donors (Lipinski definition) is 1. The van der Waals surface area contributed by atoms with Crippen LogP contribution in [0.5, 0.6) is 23.0 Å². The smallest absolute Gasteiger partial charge is 0.338 e. The Hall–Kier alpha value is -5.07. The molecule has 0 fully saturated rings. The van der Waals surface area contributed by atoms with E-state index in [-0.39, 0.29) is 35.1 Å². The van der Waals surface area contributed by atoms with Gasteiger partial charge in [0.1, 0.15) is 24.1 Å². The Balaban J connectivity index is 1.59. The number of esters is 1. The lowest BCUT2D eigenvalue weighted by molar-refractivity contribution is -0.139. The van der Waals surface area contributed by atoms with Gasteiger partial charge in [-0.1, -0.05) is 35.1 Å². The molecule has 0 radical (unpaired) electrons. The number of benzene rings is 3. The lowest BCUT2D eigenvalue weighted by Crippen LogP contribution is -2.40. The predicted molar refractivity (Wildman–Crippen MR) is 176 cm³/mol. The van der Waals surface area contributed by atoms with Gasteiger partial charge in [0.05, 0.1) is 54.3 Å². The Kier molecular flexibility index (Phi) is 10.0. The van der Waals surface area contributed by atoms with E-state index >= 15 is 0 Å². The molecule has 4 aromatic rings. The van der Waals surface area contributed by atoms with E-state index in [2.05, 4.69) is 4.99 Å². The molecular weight excluding hydrogens is 648 g/mol. The van der Waals surface area contributed by atoms with Gasteiger partial charge in [-0.3, -0.25) is 9.36 Å². The summed E-state index contributed by atoms with van der Waals surface area (Å²) in [5, 5.41) is 9.51. The number of methoxy groups -OCH3 is 3. The van der Waals surface area contributed by atoms with Gasteiger partial charge in [-0.15, -0.1) is 0 Å². The van der Waals surface area contributed by atoms with E-state index in [1.54, 1.807) is 62.4 Å². The molecule has 0 amide bonds. The molecule has 0 aliphatic carbocycles. The number of allylic oxidation sites excluding steroid dienone is 1. The van der Waals surface area contributed by atoms with E-state index in [1.807, 2.05) is 0 Å². The highest BCUT2D eigenvalue weighted by Gasteiger charge is 2.35. The number of carboxylic acids is 1. The molecular formula is C34H31ClN2O9S. The molecule has 11 nitrogen and oxygen atoms in total. The quantitative estimate of drug-likeness (QED) is 0.223. The highest BCUT2D eigenvalue weighted by atomic mass is 35.5. The zero-order chi connectivity index (χ0) is 33.8. The van der Waals surface area contributed by atoms with Crippen LogP contribution in [0.25, 0.3) is 6.08 Å². The Labute approximate surface area is 278 Å². The summed E-state index contributed by atoms with van der Waals surface area (Å²) in [4.78, 5) is 43.8. The van der Waals surface area contributed by atoms with Crippen molar-refractivity contribution in [2.45, 2.75) is 26.5 Å². The Morgan fingerprint density at radius 1 is 1.04 bits per heavy atom. The fourth-order valence-electron chi connectivity index (χ4n) is 5.20. The SMILES string of the molecule is CCOC(=O)C1=C(C)N=c2s/c(=C/c3cc(Cl)c(OCc4cccc(C(=O)O)c4)c(OC)c3)c(=O)n2[C@H]1c1cc(OC)ccc1OC. The molecule has 2 heterocycles. The van der Waals surface area contributed by atoms with Crippen LogP contribution in [0.1, 0.15) is 46.9 Å². The number of carbonyl (C=O) groups excluding carboxylic acids is 1. The van der Waals surface area contributed by atoms with Crippen LogP contribution < -0.4 is 33.8 Å². The van der Waals surface area contributed by atoms with E-state index in [4.69, 9.17) is 35.3 Å². The predicted octanol–water partition coefficient (Wildman–Crippen LogP) is 4.75. The zero-order valence-electron chi connectivity index (χ0n) is 26.2. The second-order valence-electron chi connectivity index (χ2n) is 10.2. The highest BCUT2D eigenvalue weighted by Crippen LogP contribution is 2.39. The van der Waals surface area contributed by atoms with Gasteiger partial charge in [0.25, 0.3) is 5.56 Å². The van der Waals surface area contributed by atoms with E-state index in [0.29, 0.717) is 49.0 Å². The van der Waals surface area contributed by atoms with Gasteiger partial charge < -0.3 is 28.8 Å². The molecule has 0 saturated heterocycles. The molecule has 47 heavy (non-hydrogen) atoms.